The molecule has 1 aliphatic rings. The summed E-state index contributed by atoms with van der Waals surface area (Å²) in [4.78, 5) is 24.0. The summed E-state index contributed by atoms with van der Waals surface area (Å²) in [5, 5.41) is 6.20. The van der Waals surface area contributed by atoms with Gasteiger partial charge in [-0.1, -0.05) is 41.9 Å². The lowest BCUT2D eigenvalue weighted by molar-refractivity contribution is -0.127. The zero-order chi connectivity index (χ0) is 17.6. The maximum atomic E-state index is 12.2. The van der Waals surface area contributed by atoms with Crippen LogP contribution >= 0.6 is 11.6 Å². The molecule has 6 heteroatoms. The second kappa shape index (κ2) is 8.03. The number of carbonyl (C=O) groups excluding carboxylic acids is 2. The molecule has 25 heavy (non-hydrogen) atoms. The second-order valence-corrected chi connectivity index (χ2v) is 6.30. The molecule has 1 atom stereocenters. The van der Waals surface area contributed by atoms with E-state index in [1.54, 1.807) is 12.1 Å². The molecular weight excluding hydrogens is 340 g/mol. The average molecular weight is 359 g/mol. The molecular formula is C19H19ClN2O3. The highest BCUT2D eigenvalue weighted by atomic mass is 35.5. The maximum Gasteiger partial charge on any atom is 0.261 e. The predicted octanol–water partition coefficient (Wildman–Crippen LogP) is 2.12. The van der Waals surface area contributed by atoms with E-state index >= 15 is 0 Å². The Hall–Kier alpha value is -2.53. The molecule has 0 aliphatic carbocycles. The van der Waals surface area contributed by atoms with Crippen molar-refractivity contribution in [3.05, 3.63) is 64.7 Å². The third-order valence-electron chi connectivity index (χ3n) is 3.94. The van der Waals surface area contributed by atoms with Gasteiger partial charge in [0.1, 0.15) is 5.75 Å². The molecule has 0 bridgehead atoms. The summed E-state index contributed by atoms with van der Waals surface area (Å²) in [5.41, 5.74) is 1.89. The lowest BCUT2D eigenvalue weighted by atomic mass is 10.1. The summed E-state index contributed by atoms with van der Waals surface area (Å²) < 4.78 is 5.62. The number of hydrogen-bond donors (Lipinski definition) is 2. The van der Waals surface area contributed by atoms with E-state index < -0.39 is 6.10 Å². The minimum atomic E-state index is -0.548. The van der Waals surface area contributed by atoms with E-state index in [1.807, 2.05) is 36.4 Å². The molecule has 130 valence electrons. The van der Waals surface area contributed by atoms with Gasteiger partial charge in [0.2, 0.25) is 5.91 Å². The number of nitrogens with one attached hydrogen (secondary N) is 2. The molecule has 1 aliphatic heterocycles. The van der Waals surface area contributed by atoms with Gasteiger partial charge in [0.15, 0.2) is 6.10 Å². The second-order valence-electron chi connectivity index (χ2n) is 5.87. The lowest BCUT2D eigenvalue weighted by Gasteiger charge is -2.11. The van der Waals surface area contributed by atoms with Crippen molar-refractivity contribution in [2.24, 2.45) is 0 Å². The molecule has 1 unspecified atom stereocenters. The fraction of sp³-hybridized carbons (Fsp3) is 0.263. The Morgan fingerprint density at radius 1 is 1.08 bits per heavy atom. The van der Waals surface area contributed by atoms with Crippen molar-refractivity contribution >= 4 is 23.4 Å². The van der Waals surface area contributed by atoms with E-state index in [4.69, 9.17) is 16.3 Å². The number of halogens is 1. The Bertz CT molecular complexity index is 765. The van der Waals surface area contributed by atoms with Crippen molar-refractivity contribution in [3.63, 3.8) is 0 Å². The van der Waals surface area contributed by atoms with Gasteiger partial charge >= 0.3 is 0 Å². The van der Waals surface area contributed by atoms with Gasteiger partial charge in [0.25, 0.3) is 5.91 Å². The largest absolute Gasteiger partial charge is 0.480 e. The molecule has 0 radical (unpaired) electrons. The molecule has 2 aromatic rings. The van der Waals surface area contributed by atoms with Gasteiger partial charge in [0.05, 0.1) is 6.42 Å². The normalized spacial score (nSPS) is 15.2. The van der Waals surface area contributed by atoms with Crippen LogP contribution in [0.15, 0.2) is 48.5 Å². The highest BCUT2D eigenvalue weighted by Crippen LogP contribution is 2.31. The van der Waals surface area contributed by atoms with Crippen LogP contribution in [-0.4, -0.2) is 31.0 Å². The molecule has 0 spiro atoms. The van der Waals surface area contributed by atoms with Crippen LogP contribution in [0.5, 0.6) is 5.75 Å². The van der Waals surface area contributed by atoms with Crippen molar-refractivity contribution in [1.29, 1.82) is 0 Å². The minimum Gasteiger partial charge on any atom is -0.480 e. The van der Waals surface area contributed by atoms with Crippen molar-refractivity contribution in [2.75, 3.05) is 13.1 Å². The number of ether oxygens (including phenoxy) is 1. The summed E-state index contributed by atoms with van der Waals surface area (Å²) in [6, 6.07) is 14.8. The van der Waals surface area contributed by atoms with Gasteiger partial charge in [-0.15, -0.1) is 0 Å². The SMILES string of the molecule is O=C(Cc1ccccc1)NCCNC(=O)C1Cc2cc(Cl)ccc2O1. The highest BCUT2D eigenvalue weighted by molar-refractivity contribution is 6.30. The van der Waals surface area contributed by atoms with E-state index in [0.29, 0.717) is 36.7 Å². The Kier molecular flexibility index (Phi) is 5.56. The summed E-state index contributed by atoms with van der Waals surface area (Å²) in [5.74, 6) is 0.435. The first-order valence-electron chi connectivity index (χ1n) is 8.15. The molecule has 2 N–H and O–H groups in total. The number of carbonyl (C=O) groups is 2. The first-order chi connectivity index (χ1) is 12.1. The van der Waals surface area contributed by atoms with E-state index in [0.717, 1.165) is 11.1 Å². The van der Waals surface area contributed by atoms with Crippen LogP contribution in [0.25, 0.3) is 0 Å². The molecule has 3 rings (SSSR count). The highest BCUT2D eigenvalue weighted by Gasteiger charge is 2.28. The van der Waals surface area contributed by atoms with Crippen LogP contribution in [0.3, 0.4) is 0 Å². The smallest absolute Gasteiger partial charge is 0.261 e. The molecule has 5 nitrogen and oxygen atoms in total. The lowest BCUT2D eigenvalue weighted by Crippen LogP contribution is -2.41. The van der Waals surface area contributed by atoms with E-state index in [1.165, 1.54) is 0 Å². The van der Waals surface area contributed by atoms with Crippen molar-refractivity contribution in [1.82, 2.24) is 10.6 Å². The molecule has 1 heterocycles. The van der Waals surface area contributed by atoms with Gasteiger partial charge in [-0.3, -0.25) is 9.59 Å². The monoisotopic (exact) mass is 358 g/mol. The van der Waals surface area contributed by atoms with Gasteiger partial charge in [-0.2, -0.15) is 0 Å². The molecule has 2 aromatic carbocycles. The number of rotatable bonds is 6. The predicted molar refractivity (Wildman–Crippen MR) is 95.7 cm³/mol. The van der Waals surface area contributed by atoms with Crippen LogP contribution in [0.2, 0.25) is 5.02 Å². The Morgan fingerprint density at radius 2 is 1.84 bits per heavy atom. The number of hydrogen-bond acceptors (Lipinski definition) is 3. The summed E-state index contributed by atoms with van der Waals surface area (Å²) in [7, 11) is 0. The summed E-state index contributed by atoms with van der Waals surface area (Å²) in [6.45, 7) is 0.735. The Labute approximate surface area is 151 Å². The fourth-order valence-electron chi connectivity index (χ4n) is 2.71. The first kappa shape index (κ1) is 17.3. The van der Waals surface area contributed by atoms with Crippen LogP contribution in [0, 0.1) is 0 Å². The maximum absolute atomic E-state index is 12.2. The van der Waals surface area contributed by atoms with Crippen LogP contribution in [0.1, 0.15) is 11.1 Å². The van der Waals surface area contributed by atoms with Crippen molar-refractivity contribution in [2.45, 2.75) is 18.9 Å². The summed E-state index contributed by atoms with van der Waals surface area (Å²) >= 11 is 5.94. The zero-order valence-corrected chi connectivity index (χ0v) is 14.4. The average Bonchev–Trinajstić information content (AvgIpc) is 3.02. The van der Waals surface area contributed by atoms with Gasteiger partial charge < -0.3 is 15.4 Å². The topological polar surface area (TPSA) is 67.4 Å². The Morgan fingerprint density at radius 3 is 2.64 bits per heavy atom. The van der Waals surface area contributed by atoms with Crippen LogP contribution in [-0.2, 0) is 22.4 Å². The van der Waals surface area contributed by atoms with Crippen molar-refractivity contribution in [3.8, 4) is 5.75 Å². The Balaban J connectivity index is 1.37. The van der Waals surface area contributed by atoms with Gasteiger partial charge in [-0.05, 0) is 29.3 Å². The minimum absolute atomic E-state index is 0.0698. The third-order valence-corrected chi connectivity index (χ3v) is 4.18. The standard InChI is InChI=1S/C19H19ClN2O3/c20-15-6-7-16-14(11-15)12-17(25-16)19(24)22-9-8-21-18(23)10-13-4-2-1-3-5-13/h1-7,11,17H,8-10,12H2,(H,21,23)(H,22,24). The van der Waals surface area contributed by atoms with Crippen LogP contribution < -0.4 is 15.4 Å². The zero-order valence-electron chi connectivity index (χ0n) is 13.6. The fourth-order valence-corrected chi connectivity index (χ4v) is 2.90. The molecule has 2 amide bonds. The number of fused-ring (bicyclic) bond motifs is 1. The molecule has 0 saturated carbocycles. The van der Waals surface area contributed by atoms with E-state index in [-0.39, 0.29) is 11.8 Å². The molecule has 0 aromatic heterocycles. The number of amides is 2. The molecule has 0 saturated heterocycles. The van der Waals surface area contributed by atoms with Gasteiger partial charge in [0, 0.05) is 24.5 Å². The van der Waals surface area contributed by atoms with Crippen molar-refractivity contribution < 1.29 is 14.3 Å². The van der Waals surface area contributed by atoms with E-state index in [2.05, 4.69) is 10.6 Å². The first-order valence-corrected chi connectivity index (χ1v) is 8.53. The quantitative estimate of drug-likeness (QED) is 0.777. The summed E-state index contributed by atoms with van der Waals surface area (Å²) in [6.07, 6.45) is 0.284. The molecule has 0 fully saturated rings. The third kappa shape index (κ3) is 4.73. The van der Waals surface area contributed by atoms with E-state index in [9.17, 15) is 9.59 Å². The van der Waals surface area contributed by atoms with Gasteiger partial charge in [-0.25, -0.2) is 0 Å². The number of benzene rings is 2. The van der Waals surface area contributed by atoms with Crippen LogP contribution in [0.4, 0.5) is 0 Å².